The van der Waals surface area contributed by atoms with Crippen LogP contribution in [0.1, 0.15) is 31.1 Å². The molecule has 0 aliphatic heterocycles. The quantitative estimate of drug-likeness (QED) is 0.587. The molecule has 114 valence electrons. The van der Waals surface area contributed by atoms with Gasteiger partial charge in [-0.05, 0) is 32.4 Å². The summed E-state index contributed by atoms with van der Waals surface area (Å²) in [7, 11) is 0. The van der Waals surface area contributed by atoms with Gasteiger partial charge < -0.3 is 4.98 Å². The van der Waals surface area contributed by atoms with Gasteiger partial charge in [0.1, 0.15) is 5.52 Å². The highest BCUT2D eigenvalue weighted by atomic mass is 32.2. The predicted octanol–water partition coefficient (Wildman–Crippen LogP) is 3.91. The largest absolute Gasteiger partial charge is 0.353 e. The third-order valence-electron chi connectivity index (χ3n) is 3.51. The molecule has 0 radical (unpaired) electrons. The maximum absolute atomic E-state index is 12.7. The Kier molecular flexibility index (Phi) is 4.07. The topological polar surface area (TPSA) is 50.7 Å². The summed E-state index contributed by atoms with van der Waals surface area (Å²) in [4.78, 5) is 20.5. The minimum absolute atomic E-state index is 0.00339. The van der Waals surface area contributed by atoms with Crippen molar-refractivity contribution >= 4 is 22.8 Å². The van der Waals surface area contributed by atoms with Crippen molar-refractivity contribution in [1.82, 2.24) is 14.5 Å². The SMILES string of the molecule is Cc1cc2nc(SCc3ccccc3)n(C(C)C)c(=O)c2[nH]1. The van der Waals surface area contributed by atoms with E-state index >= 15 is 0 Å². The number of fused-ring (bicyclic) bond motifs is 1. The molecule has 1 aromatic carbocycles. The van der Waals surface area contributed by atoms with E-state index in [0.29, 0.717) is 5.52 Å². The van der Waals surface area contributed by atoms with E-state index in [9.17, 15) is 4.79 Å². The maximum atomic E-state index is 12.7. The first kappa shape index (κ1) is 14.9. The van der Waals surface area contributed by atoms with Crippen LogP contribution in [0.3, 0.4) is 0 Å². The van der Waals surface area contributed by atoms with Crippen LogP contribution < -0.4 is 5.56 Å². The van der Waals surface area contributed by atoms with Gasteiger partial charge in [-0.25, -0.2) is 4.98 Å². The standard InChI is InChI=1S/C17H19N3OS/c1-11(2)20-16(21)15-14(9-12(3)18-15)19-17(20)22-10-13-7-5-4-6-8-13/h4-9,11,18H,10H2,1-3H3. The summed E-state index contributed by atoms with van der Waals surface area (Å²) in [6, 6.07) is 12.2. The highest BCUT2D eigenvalue weighted by Gasteiger charge is 2.15. The summed E-state index contributed by atoms with van der Waals surface area (Å²) in [5.41, 5.74) is 3.52. The lowest BCUT2D eigenvalue weighted by molar-refractivity contribution is 0.518. The van der Waals surface area contributed by atoms with Crippen LogP contribution in [0.25, 0.3) is 11.0 Å². The third kappa shape index (κ3) is 2.81. The van der Waals surface area contributed by atoms with Crippen LogP contribution in [0.4, 0.5) is 0 Å². The van der Waals surface area contributed by atoms with Crippen molar-refractivity contribution in [2.45, 2.75) is 37.7 Å². The van der Waals surface area contributed by atoms with Gasteiger partial charge in [0.05, 0.1) is 5.52 Å². The number of aromatic amines is 1. The first-order valence-electron chi connectivity index (χ1n) is 7.35. The second-order valence-electron chi connectivity index (χ2n) is 5.65. The highest BCUT2D eigenvalue weighted by Crippen LogP contribution is 2.24. The van der Waals surface area contributed by atoms with Crippen molar-refractivity contribution in [2.24, 2.45) is 0 Å². The Morgan fingerprint density at radius 3 is 2.68 bits per heavy atom. The highest BCUT2D eigenvalue weighted by molar-refractivity contribution is 7.98. The van der Waals surface area contributed by atoms with Gasteiger partial charge in [-0.1, -0.05) is 42.1 Å². The molecule has 4 nitrogen and oxygen atoms in total. The Hall–Kier alpha value is -2.01. The molecule has 0 bridgehead atoms. The molecule has 0 spiro atoms. The number of hydrogen-bond acceptors (Lipinski definition) is 3. The Morgan fingerprint density at radius 1 is 1.27 bits per heavy atom. The molecule has 0 amide bonds. The van der Waals surface area contributed by atoms with Crippen LogP contribution in [-0.2, 0) is 5.75 Å². The van der Waals surface area contributed by atoms with Crippen LogP contribution in [0.2, 0.25) is 0 Å². The number of nitrogens with zero attached hydrogens (tertiary/aromatic N) is 2. The van der Waals surface area contributed by atoms with E-state index in [2.05, 4.69) is 22.1 Å². The number of thioether (sulfide) groups is 1. The van der Waals surface area contributed by atoms with Crippen molar-refractivity contribution in [3.8, 4) is 0 Å². The first-order chi connectivity index (χ1) is 10.6. The van der Waals surface area contributed by atoms with Gasteiger partial charge in [0.25, 0.3) is 5.56 Å². The Morgan fingerprint density at radius 2 is 2.00 bits per heavy atom. The van der Waals surface area contributed by atoms with Gasteiger partial charge >= 0.3 is 0 Å². The summed E-state index contributed by atoms with van der Waals surface area (Å²) < 4.78 is 1.77. The van der Waals surface area contributed by atoms with Crippen LogP contribution in [0.5, 0.6) is 0 Å². The van der Waals surface area contributed by atoms with Crippen LogP contribution >= 0.6 is 11.8 Å². The molecule has 0 atom stereocenters. The molecule has 5 heteroatoms. The number of hydrogen-bond donors (Lipinski definition) is 1. The summed E-state index contributed by atoms with van der Waals surface area (Å²) >= 11 is 1.60. The first-order valence-corrected chi connectivity index (χ1v) is 8.33. The molecule has 2 heterocycles. The van der Waals surface area contributed by atoms with Crippen LogP contribution in [0.15, 0.2) is 46.3 Å². The normalized spacial score (nSPS) is 11.5. The zero-order chi connectivity index (χ0) is 15.7. The number of benzene rings is 1. The minimum atomic E-state index is 0.00339. The molecular formula is C17H19N3OS. The fraction of sp³-hybridized carbons (Fsp3) is 0.294. The number of aromatic nitrogens is 3. The molecule has 0 aliphatic rings. The summed E-state index contributed by atoms with van der Waals surface area (Å²) in [6.07, 6.45) is 0. The van der Waals surface area contributed by atoms with Gasteiger partial charge in [-0.15, -0.1) is 0 Å². The van der Waals surface area contributed by atoms with E-state index in [4.69, 9.17) is 0 Å². The number of rotatable bonds is 4. The number of aryl methyl sites for hydroxylation is 1. The lowest BCUT2D eigenvalue weighted by atomic mass is 10.2. The third-order valence-corrected chi connectivity index (χ3v) is 4.54. The second-order valence-corrected chi connectivity index (χ2v) is 6.59. The van der Waals surface area contributed by atoms with Crippen LogP contribution in [-0.4, -0.2) is 14.5 Å². The zero-order valence-corrected chi connectivity index (χ0v) is 13.8. The predicted molar refractivity (Wildman–Crippen MR) is 91.5 cm³/mol. The number of H-pyrrole nitrogens is 1. The van der Waals surface area contributed by atoms with Crippen LogP contribution in [0, 0.1) is 6.92 Å². The van der Waals surface area contributed by atoms with Gasteiger partial charge in [-0.3, -0.25) is 9.36 Å². The molecule has 0 aliphatic carbocycles. The molecule has 1 N–H and O–H groups in total. The van der Waals surface area contributed by atoms with Crippen molar-refractivity contribution in [2.75, 3.05) is 0 Å². The van der Waals surface area contributed by atoms with Gasteiger partial charge in [-0.2, -0.15) is 0 Å². The molecular weight excluding hydrogens is 294 g/mol. The van der Waals surface area contributed by atoms with Gasteiger partial charge in [0, 0.05) is 17.5 Å². The van der Waals surface area contributed by atoms with Gasteiger partial charge in [0.2, 0.25) is 0 Å². The van der Waals surface area contributed by atoms with E-state index in [-0.39, 0.29) is 11.6 Å². The monoisotopic (exact) mass is 313 g/mol. The summed E-state index contributed by atoms with van der Waals surface area (Å²) in [5, 5.41) is 0.773. The van der Waals surface area contributed by atoms with Crippen molar-refractivity contribution in [1.29, 1.82) is 0 Å². The fourth-order valence-electron chi connectivity index (χ4n) is 2.47. The minimum Gasteiger partial charge on any atom is -0.353 e. The summed E-state index contributed by atoms with van der Waals surface area (Å²) in [5.74, 6) is 0.801. The average molecular weight is 313 g/mol. The van der Waals surface area contributed by atoms with Crippen molar-refractivity contribution in [3.05, 3.63) is 58.0 Å². The van der Waals surface area contributed by atoms with Gasteiger partial charge in [0.15, 0.2) is 5.16 Å². The maximum Gasteiger partial charge on any atom is 0.278 e. The zero-order valence-electron chi connectivity index (χ0n) is 13.0. The molecule has 22 heavy (non-hydrogen) atoms. The lowest BCUT2D eigenvalue weighted by Gasteiger charge is -2.15. The molecule has 0 saturated heterocycles. The number of nitrogens with one attached hydrogen (secondary N) is 1. The van der Waals surface area contributed by atoms with Crippen molar-refractivity contribution < 1.29 is 0 Å². The second kappa shape index (κ2) is 6.01. The van der Waals surface area contributed by atoms with E-state index in [0.717, 1.165) is 22.1 Å². The molecule has 3 aromatic rings. The Bertz CT molecular complexity index is 849. The van der Waals surface area contributed by atoms with E-state index in [1.54, 1.807) is 16.3 Å². The van der Waals surface area contributed by atoms with Crippen molar-refractivity contribution in [3.63, 3.8) is 0 Å². The Labute approximate surface area is 133 Å². The average Bonchev–Trinajstić information content (AvgIpc) is 2.86. The molecule has 0 saturated carbocycles. The van der Waals surface area contributed by atoms with E-state index in [1.807, 2.05) is 45.0 Å². The lowest BCUT2D eigenvalue weighted by Crippen LogP contribution is -2.25. The smallest absolute Gasteiger partial charge is 0.278 e. The molecule has 3 rings (SSSR count). The molecule has 2 aromatic heterocycles. The fourth-order valence-corrected chi connectivity index (χ4v) is 3.55. The Balaban J connectivity index is 2.03. The summed E-state index contributed by atoms with van der Waals surface area (Å²) in [6.45, 7) is 5.96. The van der Waals surface area contributed by atoms with E-state index < -0.39 is 0 Å². The van der Waals surface area contributed by atoms with E-state index in [1.165, 1.54) is 5.56 Å². The molecule has 0 unspecified atom stereocenters. The molecule has 0 fully saturated rings.